The molecule has 8 heteroatoms. The number of halogens is 3. The van der Waals surface area contributed by atoms with Crippen LogP contribution in [0.1, 0.15) is 24.1 Å². The van der Waals surface area contributed by atoms with E-state index in [-0.39, 0.29) is 6.42 Å². The third-order valence-electron chi connectivity index (χ3n) is 4.88. The molecular formula is C23H19F3N4O. The first kappa shape index (κ1) is 20.7. The number of benzene rings is 1. The topological polar surface area (TPSA) is 60.2 Å². The van der Waals surface area contributed by atoms with E-state index in [1.54, 1.807) is 30.7 Å². The molecule has 3 heterocycles. The van der Waals surface area contributed by atoms with Crippen molar-refractivity contribution in [2.75, 3.05) is 0 Å². The Bertz CT molecular complexity index is 1250. The minimum Gasteiger partial charge on any atom is -0.300 e. The zero-order valence-electron chi connectivity index (χ0n) is 16.7. The minimum absolute atomic E-state index is 0.0309. The van der Waals surface area contributed by atoms with E-state index in [1.165, 1.54) is 0 Å². The number of aromatic nitrogens is 4. The molecule has 0 aliphatic rings. The predicted octanol–water partition coefficient (Wildman–Crippen LogP) is 5.22. The van der Waals surface area contributed by atoms with Gasteiger partial charge in [0.25, 0.3) is 0 Å². The average molecular weight is 424 g/mol. The number of fused-ring (bicyclic) bond motifs is 1. The molecule has 0 radical (unpaired) electrons. The summed E-state index contributed by atoms with van der Waals surface area (Å²) in [5.41, 5.74) is 5.52. The quantitative estimate of drug-likeness (QED) is 0.426. The van der Waals surface area contributed by atoms with Gasteiger partial charge < -0.3 is 0 Å². The van der Waals surface area contributed by atoms with Crippen molar-refractivity contribution in [2.24, 2.45) is 0 Å². The van der Waals surface area contributed by atoms with Crippen LogP contribution in [0.4, 0.5) is 13.2 Å². The lowest BCUT2D eigenvalue weighted by Gasteiger charge is -2.08. The Labute approximate surface area is 176 Å². The number of rotatable bonds is 6. The van der Waals surface area contributed by atoms with Crippen LogP contribution in [0.25, 0.3) is 28.2 Å². The van der Waals surface area contributed by atoms with Crippen LogP contribution in [0.2, 0.25) is 0 Å². The molecule has 0 saturated heterocycles. The van der Waals surface area contributed by atoms with Gasteiger partial charge in [-0.05, 0) is 30.7 Å². The molecule has 0 amide bonds. The van der Waals surface area contributed by atoms with E-state index in [2.05, 4.69) is 15.0 Å². The van der Waals surface area contributed by atoms with Gasteiger partial charge >= 0.3 is 6.18 Å². The second-order valence-corrected chi connectivity index (χ2v) is 7.36. The molecule has 4 aromatic rings. The molecule has 158 valence electrons. The van der Waals surface area contributed by atoms with Crippen LogP contribution < -0.4 is 0 Å². The number of carbonyl (C=O) groups excluding carboxylic acids is 1. The highest BCUT2D eigenvalue weighted by Crippen LogP contribution is 2.26. The Kier molecular flexibility index (Phi) is 5.54. The zero-order valence-corrected chi connectivity index (χ0v) is 16.7. The monoisotopic (exact) mass is 424 g/mol. The van der Waals surface area contributed by atoms with Crippen molar-refractivity contribution in [1.82, 2.24) is 19.4 Å². The van der Waals surface area contributed by atoms with Crippen LogP contribution in [0.5, 0.6) is 0 Å². The molecule has 4 rings (SSSR count). The molecule has 0 fully saturated rings. The van der Waals surface area contributed by atoms with Crippen LogP contribution in [0.15, 0.2) is 61.2 Å². The number of ketones is 1. The van der Waals surface area contributed by atoms with E-state index in [4.69, 9.17) is 0 Å². The lowest BCUT2D eigenvalue weighted by molar-refractivity contribution is -0.143. The van der Waals surface area contributed by atoms with E-state index in [0.717, 1.165) is 33.9 Å². The molecular weight excluding hydrogens is 405 g/mol. The highest BCUT2D eigenvalue weighted by Gasteiger charge is 2.27. The van der Waals surface area contributed by atoms with Gasteiger partial charge in [0.05, 0.1) is 35.9 Å². The summed E-state index contributed by atoms with van der Waals surface area (Å²) in [6.07, 6.45) is 1.05. The van der Waals surface area contributed by atoms with Gasteiger partial charge in [0.2, 0.25) is 0 Å². The summed E-state index contributed by atoms with van der Waals surface area (Å²) in [6, 6.07) is 11.1. The van der Waals surface area contributed by atoms with Crippen molar-refractivity contribution < 1.29 is 18.0 Å². The van der Waals surface area contributed by atoms with Crippen LogP contribution in [-0.2, 0) is 11.2 Å². The molecule has 0 bridgehead atoms. The van der Waals surface area contributed by atoms with Gasteiger partial charge in [-0.3, -0.25) is 14.2 Å². The molecule has 3 aromatic heterocycles. The highest BCUT2D eigenvalue weighted by atomic mass is 19.4. The molecule has 0 spiro atoms. The first-order valence-electron chi connectivity index (χ1n) is 9.72. The number of alkyl halides is 3. The van der Waals surface area contributed by atoms with Crippen LogP contribution >= 0.6 is 0 Å². The standard InChI is InChI=1S/C23H19F3N4O/c1-15-12-27-13-20(29-15)17-6-8-30-21(14-28-22(30)11-17)18-4-2-3-16(9-18)10-19(31)5-7-23(24,25)26/h2-4,6,8-9,11-14H,5,7,10H2,1H3. The second-order valence-electron chi connectivity index (χ2n) is 7.36. The highest BCUT2D eigenvalue weighted by molar-refractivity contribution is 5.81. The number of pyridine rings is 1. The Balaban J connectivity index is 1.58. The minimum atomic E-state index is -4.32. The van der Waals surface area contributed by atoms with Crippen molar-refractivity contribution in [3.8, 4) is 22.5 Å². The maximum absolute atomic E-state index is 12.3. The summed E-state index contributed by atoms with van der Waals surface area (Å²) in [4.78, 5) is 25.1. The van der Waals surface area contributed by atoms with Gasteiger partial charge in [-0.15, -0.1) is 0 Å². The first-order valence-corrected chi connectivity index (χ1v) is 9.72. The van der Waals surface area contributed by atoms with E-state index in [1.807, 2.05) is 41.8 Å². The lowest BCUT2D eigenvalue weighted by atomic mass is 10.0. The Morgan fingerprint density at radius 3 is 2.68 bits per heavy atom. The predicted molar refractivity (Wildman–Crippen MR) is 110 cm³/mol. The van der Waals surface area contributed by atoms with Crippen molar-refractivity contribution in [2.45, 2.75) is 32.4 Å². The molecule has 0 aliphatic carbocycles. The third kappa shape index (κ3) is 4.96. The number of imidazole rings is 1. The van der Waals surface area contributed by atoms with Crippen LogP contribution in [0, 0.1) is 6.92 Å². The summed E-state index contributed by atoms with van der Waals surface area (Å²) in [7, 11) is 0. The van der Waals surface area contributed by atoms with Gasteiger partial charge in [-0.1, -0.05) is 18.2 Å². The van der Waals surface area contributed by atoms with Gasteiger partial charge in [-0.25, -0.2) is 9.97 Å². The summed E-state index contributed by atoms with van der Waals surface area (Å²) >= 11 is 0. The van der Waals surface area contributed by atoms with Crippen LogP contribution in [-0.4, -0.2) is 31.3 Å². The maximum Gasteiger partial charge on any atom is 0.389 e. The van der Waals surface area contributed by atoms with Gasteiger partial charge in [-0.2, -0.15) is 13.2 Å². The summed E-state index contributed by atoms with van der Waals surface area (Å²) in [5.74, 6) is -0.434. The zero-order chi connectivity index (χ0) is 22.0. The first-order chi connectivity index (χ1) is 14.8. The van der Waals surface area contributed by atoms with E-state index < -0.39 is 24.8 Å². The average Bonchev–Trinajstić information content (AvgIpc) is 3.15. The molecule has 0 saturated carbocycles. The third-order valence-corrected chi connectivity index (χ3v) is 4.88. The number of carbonyl (C=O) groups is 1. The van der Waals surface area contributed by atoms with Crippen molar-refractivity contribution in [3.05, 3.63) is 72.4 Å². The fourth-order valence-electron chi connectivity index (χ4n) is 3.39. The number of hydrogen-bond donors (Lipinski definition) is 0. The Hall–Kier alpha value is -3.55. The molecule has 0 atom stereocenters. The van der Waals surface area contributed by atoms with Gasteiger partial charge in [0.1, 0.15) is 11.4 Å². The molecule has 5 nitrogen and oxygen atoms in total. The van der Waals surface area contributed by atoms with Crippen molar-refractivity contribution in [3.63, 3.8) is 0 Å². The van der Waals surface area contributed by atoms with E-state index in [9.17, 15) is 18.0 Å². The number of Topliss-reactive ketones (excluding diaryl/α,β-unsaturated/α-hetero) is 1. The van der Waals surface area contributed by atoms with Gasteiger partial charge in [0.15, 0.2) is 0 Å². The van der Waals surface area contributed by atoms with E-state index in [0.29, 0.717) is 5.56 Å². The van der Waals surface area contributed by atoms with Crippen molar-refractivity contribution in [1.29, 1.82) is 0 Å². The molecule has 0 N–H and O–H groups in total. The number of nitrogens with zero attached hydrogens (tertiary/aromatic N) is 4. The van der Waals surface area contributed by atoms with E-state index >= 15 is 0 Å². The second kappa shape index (κ2) is 8.29. The maximum atomic E-state index is 12.3. The smallest absolute Gasteiger partial charge is 0.300 e. The number of aryl methyl sites for hydroxylation is 1. The van der Waals surface area contributed by atoms with Crippen molar-refractivity contribution >= 4 is 11.4 Å². The Morgan fingerprint density at radius 1 is 1.06 bits per heavy atom. The SMILES string of the molecule is Cc1cncc(-c2ccn3c(-c4cccc(CC(=O)CCC(F)(F)F)c4)cnc3c2)n1. The summed E-state index contributed by atoms with van der Waals surface area (Å²) in [5, 5.41) is 0. The normalized spacial score (nSPS) is 11.7. The summed E-state index contributed by atoms with van der Waals surface area (Å²) < 4.78 is 38.9. The summed E-state index contributed by atoms with van der Waals surface area (Å²) in [6.45, 7) is 1.88. The molecule has 1 aromatic carbocycles. The number of hydrogen-bond acceptors (Lipinski definition) is 4. The molecule has 31 heavy (non-hydrogen) atoms. The molecule has 0 unspecified atom stereocenters. The molecule has 0 aliphatic heterocycles. The largest absolute Gasteiger partial charge is 0.389 e. The fourth-order valence-corrected chi connectivity index (χ4v) is 3.39. The fraction of sp³-hybridized carbons (Fsp3) is 0.217. The Morgan fingerprint density at radius 2 is 1.90 bits per heavy atom. The van der Waals surface area contributed by atoms with Gasteiger partial charge in [0, 0.05) is 36.4 Å². The lowest BCUT2D eigenvalue weighted by Crippen LogP contribution is -2.12. The van der Waals surface area contributed by atoms with Crippen LogP contribution in [0.3, 0.4) is 0 Å².